The SMILES string of the molecule is C[Si]12OCC3CCCCC(CO1)C3CO2. The molecule has 4 heteroatoms. The Labute approximate surface area is 92.5 Å². The van der Waals surface area contributed by atoms with E-state index in [9.17, 15) is 0 Å². The van der Waals surface area contributed by atoms with E-state index < -0.39 is 8.80 Å². The summed E-state index contributed by atoms with van der Waals surface area (Å²) in [6.45, 7) is 4.69. The minimum absolute atomic E-state index is 0.698. The predicted molar refractivity (Wildman–Crippen MR) is 58.4 cm³/mol. The van der Waals surface area contributed by atoms with E-state index in [1.807, 2.05) is 6.55 Å². The van der Waals surface area contributed by atoms with Crippen molar-refractivity contribution in [3.63, 3.8) is 0 Å². The minimum atomic E-state index is -2.23. The molecule has 0 aromatic carbocycles. The summed E-state index contributed by atoms with van der Waals surface area (Å²) in [5.41, 5.74) is 0. The molecule has 3 aliphatic rings. The van der Waals surface area contributed by atoms with Gasteiger partial charge in [-0.1, -0.05) is 12.8 Å². The monoisotopic (exact) mass is 228 g/mol. The molecule has 2 bridgehead atoms. The third-order valence-electron chi connectivity index (χ3n) is 4.27. The van der Waals surface area contributed by atoms with Gasteiger partial charge in [-0.25, -0.2) is 0 Å². The van der Waals surface area contributed by atoms with Gasteiger partial charge in [0, 0.05) is 26.4 Å². The highest BCUT2D eigenvalue weighted by molar-refractivity contribution is 6.59. The van der Waals surface area contributed by atoms with Crippen molar-refractivity contribution in [1.82, 2.24) is 0 Å². The summed E-state index contributed by atoms with van der Waals surface area (Å²) in [4.78, 5) is 0. The van der Waals surface area contributed by atoms with E-state index >= 15 is 0 Å². The molecular weight excluding hydrogens is 208 g/mol. The van der Waals surface area contributed by atoms with Crippen LogP contribution < -0.4 is 0 Å². The summed E-state index contributed by atoms with van der Waals surface area (Å²) in [7, 11) is -2.23. The average Bonchev–Trinajstić information content (AvgIpc) is 2.57. The first kappa shape index (κ1) is 10.3. The van der Waals surface area contributed by atoms with Gasteiger partial charge < -0.3 is 13.3 Å². The molecule has 0 amide bonds. The summed E-state index contributed by atoms with van der Waals surface area (Å²) >= 11 is 0. The van der Waals surface area contributed by atoms with Gasteiger partial charge in [-0.05, 0) is 30.6 Å². The molecule has 3 nitrogen and oxygen atoms in total. The maximum atomic E-state index is 5.90. The van der Waals surface area contributed by atoms with Crippen LogP contribution in [0.5, 0.6) is 0 Å². The highest BCUT2D eigenvalue weighted by Crippen LogP contribution is 2.40. The lowest BCUT2D eigenvalue weighted by Crippen LogP contribution is -2.43. The zero-order chi connectivity index (χ0) is 10.3. The summed E-state index contributed by atoms with van der Waals surface area (Å²) in [5, 5.41) is 0. The Bertz CT molecular complexity index is 222. The van der Waals surface area contributed by atoms with Crippen LogP contribution in [0.15, 0.2) is 0 Å². The molecule has 2 unspecified atom stereocenters. The number of rotatable bonds is 0. The van der Waals surface area contributed by atoms with E-state index in [-0.39, 0.29) is 0 Å². The fourth-order valence-corrected chi connectivity index (χ4v) is 4.98. The number of fused-ring (bicyclic) bond motifs is 2. The van der Waals surface area contributed by atoms with E-state index in [0.29, 0.717) is 5.92 Å². The van der Waals surface area contributed by atoms with Crippen molar-refractivity contribution in [3.05, 3.63) is 0 Å². The number of hydrogen-bond donors (Lipinski definition) is 0. The Balaban J connectivity index is 1.88. The molecule has 2 saturated heterocycles. The molecule has 0 radical (unpaired) electrons. The van der Waals surface area contributed by atoms with Gasteiger partial charge in [-0.15, -0.1) is 0 Å². The molecular formula is C11H20O3Si. The lowest BCUT2D eigenvalue weighted by atomic mass is 9.82. The Hall–Kier alpha value is 0.0969. The zero-order valence-electron chi connectivity index (χ0n) is 9.41. The molecule has 1 saturated carbocycles. The summed E-state index contributed by atoms with van der Waals surface area (Å²) in [5.74, 6) is 2.16. The van der Waals surface area contributed by atoms with Crippen molar-refractivity contribution in [2.75, 3.05) is 19.8 Å². The first-order valence-corrected chi connectivity index (χ1v) is 8.41. The predicted octanol–water partition coefficient (Wildman–Crippen LogP) is 2.05. The third-order valence-corrected chi connectivity index (χ3v) is 6.34. The second kappa shape index (κ2) is 3.84. The van der Waals surface area contributed by atoms with Crippen molar-refractivity contribution in [2.45, 2.75) is 32.2 Å². The zero-order valence-corrected chi connectivity index (χ0v) is 10.4. The van der Waals surface area contributed by atoms with Crippen molar-refractivity contribution in [2.24, 2.45) is 17.8 Å². The molecule has 2 aliphatic heterocycles. The number of hydrogen-bond acceptors (Lipinski definition) is 3. The van der Waals surface area contributed by atoms with E-state index in [1.165, 1.54) is 25.7 Å². The second-order valence-corrected chi connectivity index (χ2v) is 7.85. The minimum Gasteiger partial charge on any atom is -0.373 e. The van der Waals surface area contributed by atoms with Gasteiger partial charge in [-0.2, -0.15) is 0 Å². The maximum absolute atomic E-state index is 5.90. The van der Waals surface area contributed by atoms with Crippen LogP contribution in [0, 0.1) is 17.8 Å². The van der Waals surface area contributed by atoms with Crippen molar-refractivity contribution < 1.29 is 13.3 Å². The summed E-state index contributed by atoms with van der Waals surface area (Å²) < 4.78 is 17.7. The van der Waals surface area contributed by atoms with Crippen molar-refractivity contribution in [1.29, 1.82) is 0 Å². The van der Waals surface area contributed by atoms with Crippen molar-refractivity contribution >= 4 is 8.80 Å². The average molecular weight is 228 g/mol. The van der Waals surface area contributed by atoms with Gasteiger partial charge in [0.1, 0.15) is 0 Å². The lowest BCUT2D eigenvalue weighted by Gasteiger charge is -2.30. The van der Waals surface area contributed by atoms with E-state index in [4.69, 9.17) is 13.3 Å². The lowest BCUT2D eigenvalue weighted by molar-refractivity contribution is 0.0583. The van der Waals surface area contributed by atoms with Crippen LogP contribution in [-0.2, 0) is 13.3 Å². The van der Waals surface area contributed by atoms with Crippen LogP contribution in [0.1, 0.15) is 25.7 Å². The molecule has 0 aromatic heterocycles. The molecule has 0 N–H and O–H groups in total. The van der Waals surface area contributed by atoms with Crippen LogP contribution >= 0.6 is 0 Å². The molecule has 15 heavy (non-hydrogen) atoms. The van der Waals surface area contributed by atoms with Gasteiger partial charge >= 0.3 is 8.80 Å². The standard InChI is InChI=1S/C11H20O3Si/c1-15-12-6-9-4-2-3-5-10(7-13-15)11(9)8-14-15/h9-11H,2-8H2,1H3. The Morgan fingerprint density at radius 1 is 0.867 bits per heavy atom. The Morgan fingerprint density at radius 3 is 2.00 bits per heavy atom. The summed E-state index contributed by atoms with van der Waals surface area (Å²) in [6.07, 6.45) is 5.38. The topological polar surface area (TPSA) is 27.7 Å². The normalized spacial score (nSPS) is 50.6. The van der Waals surface area contributed by atoms with Crippen LogP contribution in [0.4, 0.5) is 0 Å². The van der Waals surface area contributed by atoms with Gasteiger partial charge in [0.15, 0.2) is 0 Å². The van der Waals surface area contributed by atoms with Crippen molar-refractivity contribution in [3.8, 4) is 0 Å². The van der Waals surface area contributed by atoms with E-state index in [2.05, 4.69) is 0 Å². The van der Waals surface area contributed by atoms with Gasteiger partial charge in [0.05, 0.1) is 0 Å². The highest BCUT2D eigenvalue weighted by Gasteiger charge is 2.47. The smallest absolute Gasteiger partial charge is 0.373 e. The van der Waals surface area contributed by atoms with E-state index in [0.717, 1.165) is 31.7 Å². The molecule has 3 fully saturated rings. The quantitative estimate of drug-likeness (QED) is 0.594. The van der Waals surface area contributed by atoms with Crippen LogP contribution in [0.2, 0.25) is 6.55 Å². The molecule has 1 aliphatic carbocycles. The van der Waals surface area contributed by atoms with Crippen LogP contribution in [-0.4, -0.2) is 28.6 Å². The molecule has 3 rings (SSSR count). The molecule has 0 spiro atoms. The fraction of sp³-hybridized carbons (Fsp3) is 1.00. The summed E-state index contributed by atoms with van der Waals surface area (Å²) in [6, 6.07) is 0. The Kier molecular flexibility index (Phi) is 2.63. The maximum Gasteiger partial charge on any atom is 0.497 e. The highest BCUT2D eigenvalue weighted by atomic mass is 28.4. The molecule has 2 atom stereocenters. The van der Waals surface area contributed by atoms with Crippen LogP contribution in [0.3, 0.4) is 0 Å². The van der Waals surface area contributed by atoms with Gasteiger partial charge in [0.2, 0.25) is 0 Å². The van der Waals surface area contributed by atoms with Gasteiger partial charge in [-0.3, -0.25) is 0 Å². The third kappa shape index (κ3) is 1.88. The second-order valence-electron chi connectivity index (χ2n) is 5.26. The van der Waals surface area contributed by atoms with E-state index in [1.54, 1.807) is 0 Å². The Morgan fingerprint density at radius 2 is 1.40 bits per heavy atom. The molecule has 86 valence electrons. The van der Waals surface area contributed by atoms with Gasteiger partial charge in [0.25, 0.3) is 0 Å². The van der Waals surface area contributed by atoms with Crippen LogP contribution in [0.25, 0.3) is 0 Å². The molecule has 0 aromatic rings. The largest absolute Gasteiger partial charge is 0.497 e. The fourth-order valence-electron chi connectivity index (χ4n) is 3.20. The molecule has 2 heterocycles. The first-order chi connectivity index (χ1) is 7.27. The first-order valence-electron chi connectivity index (χ1n) is 6.19.